The first-order valence-electron chi connectivity index (χ1n) is 6.60. The van der Waals surface area contributed by atoms with Gasteiger partial charge in [0.15, 0.2) is 0 Å². The molecule has 0 radical (unpaired) electrons. The predicted molar refractivity (Wildman–Crippen MR) is 89.5 cm³/mol. The van der Waals surface area contributed by atoms with Crippen molar-refractivity contribution in [3.63, 3.8) is 0 Å². The van der Waals surface area contributed by atoms with Crippen LogP contribution in [-0.4, -0.2) is 0 Å². The van der Waals surface area contributed by atoms with Gasteiger partial charge in [-0.2, -0.15) is 26.3 Å². The molecule has 0 atom stereocenters. The zero-order valence-electron chi connectivity index (χ0n) is 12.8. The third-order valence-electron chi connectivity index (χ3n) is 3.54. The molecule has 3 aromatic rings. The summed E-state index contributed by atoms with van der Waals surface area (Å²) in [4.78, 5) is 0. The van der Waals surface area contributed by atoms with Crippen molar-refractivity contribution in [2.75, 3.05) is 0 Å². The van der Waals surface area contributed by atoms with Gasteiger partial charge in [0.25, 0.3) is 0 Å². The van der Waals surface area contributed by atoms with Gasteiger partial charge in [-0.3, -0.25) is 0 Å². The Balaban J connectivity index is 0.00000208. The van der Waals surface area contributed by atoms with Crippen LogP contribution in [0.5, 0.6) is 0 Å². The molecule has 0 saturated heterocycles. The number of hydrogen-bond donors (Lipinski definition) is 0. The number of hydrogen-bond acceptors (Lipinski definition) is 0. The zero-order valence-corrected chi connectivity index (χ0v) is 18.0. The zero-order chi connectivity index (χ0) is 16.8. The fourth-order valence-corrected chi connectivity index (χ4v) is 2.44. The first-order valence-corrected chi connectivity index (χ1v) is 6.60. The minimum Gasteiger partial charge on any atom is -0.166 e. The number of rotatable bonds is 1. The molecular weight excluding hydrogens is 568 g/mol. The van der Waals surface area contributed by atoms with Gasteiger partial charge in [-0.1, -0.05) is 35.9 Å². The Hall–Kier alpha value is -0.920. The molecule has 0 aliphatic heterocycles. The third-order valence-corrected chi connectivity index (χ3v) is 3.54. The second-order valence-corrected chi connectivity index (χ2v) is 5.17. The molecule has 3 rings (SSSR count). The topological polar surface area (TPSA) is 0 Å². The van der Waals surface area contributed by atoms with E-state index in [9.17, 15) is 26.3 Å². The number of fused-ring (bicyclic) bond motifs is 1. The average Bonchev–Trinajstić information content (AvgIpc) is 2.89. The Morgan fingerprint density at radius 1 is 0.692 bits per heavy atom. The smallest absolute Gasteiger partial charge is 0.166 e. The van der Waals surface area contributed by atoms with Crippen LogP contribution in [0.3, 0.4) is 0 Å². The molecule has 0 amide bonds. The van der Waals surface area contributed by atoms with E-state index in [-0.39, 0.29) is 62.3 Å². The standard InChI is InChI=1S/C17H9F6.2ClH.Hf/c18-16(19,20)14-7-13(8-15(9-14)17(21,22)23)12-5-10-3-1-2-4-11(10)6-12;;;/h1-9H;2*1H;/q-1;;;. The molecule has 0 heterocycles. The fourth-order valence-electron chi connectivity index (χ4n) is 2.44. The molecule has 9 heteroatoms. The molecule has 0 aromatic heterocycles. The maximum atomic E-state index is 12.9. The van der Waals surface area contributed by atoms with Crippen molar-refractivity contribution in [1.82, 2.24) is 0 Å². The largest absolute Gasteiger partial charge is 0.415 e. The maximum absolute atomic E-state index is 12.9. The Kier molecular flexibility index (Phi) is 8.53. The summed E-state index contributed by atoms with van der Waals surface area (Å²) in [6.07, 6.45) is -9.69. The summed E-state index contributed by atoms with van der Waals surface area (Å²) >= 11 is 0. The molecular formula is C17H11Cl2F6Hf-. The van der Waals surface area contributed by atoms with Crippen LogP contribution < -0.4 is 0 Å². The van der Waals surface area contributed by atoms with E-state index in [1.807, 2.05) is 0 Å². The van der Waals surface area contributed by atoms with Gasteiger partial charge in [0.1, 0.15) is 0 Å². The van der Waals surface area contributed by atoms with Gasteiger partial charge in [0.05, 0.1) is 0 Å². The number of halogens is 8. The van der Waals surface area contributed by atoms with Crippen molar-refractivity contribution in [1.29, 1.82) is 0 Å². The summed E-state index contributed by atoms with van der Waals surface area (Å²) in [5.41, 5.74) is -2.41. The van der Waals surface area contributed by atoms with Crippen LogP contribution in [0.25, 0.3) is 21.9 Å². The van der Waals surface area contributed by atoms with Crippen molar-refractivity contribution in [2.45, 2.75) is 12.4 Å². The molecule has 26 heavy (non-hydrogen) atoms. The van der Waals surface area contributed by atoms with Gasteiger partial charge in [-0.25, -0.2) is 0 Å². The summed E-state index contributed by atoms with van der Waals surface area (Å²) in [5.74, 6) is 0. The molecule has 3 aromatic carbocycles. The molecule has 0 spiro atoms. The molecule has 0 aliphatic carbocycles. The van der Waals surface area contributed by atoms with Gasteiger partial charge >= 0.3 is 12.4 Å². The van der Waals surface area contributed by atoms with E-state index >= 15 is 0 Å². The van der Waals surface area contributed by atoms with Gasteiger partial charge in [0.2, 0.25) is 0 Å². The van der Waals surface area contributed by atoms with Crippen LogP contribution in [0.1, 0.15) is 11.1 Å². The van der Waals surface area contributed by atoms with Crippen molar-refractivity contribution in [3.05, 3.63) is 65.7 Å². The van der Waals surface area contributed by atoms with E-state index in [0.717, 1.165) is 22.9 Å². The van der Waals surface area contributed by atoms with Crippen LogP contribution in [0.15, 0.2) is 54.6 Å². The van der Waals surface area contributed by atoms with Crippen LogP contribution in [-0.2, 0) is 38.2 Å². The molecule has 0 nitrogen and oxygen atoms in total. The van der Waals surface area contributed by atoms with E-state index < -0.39 is 23.5 Å². The Morgan fingerprint density at radius 3 is 1.65 bits per heavy atom. The van der Waals surface area contributed by atoms with E-state index in [2.05, 4.69) is 0 Å². The summed E-state index contributed by atoms with van der Waals surface area (Å²) in [6, 6.07) is 11.8. The SMILES string of the molecule is Cl.Cl.FC(F)(F)c1cc(-c2cc3ccccc3[cH-]2)cc(C(F)(F)F)c1.[Hf]. The first kappa shape index (κ1) is 25.1. The van der Waals surface area contributed by atoms with E-state index in [1.54, 1.807) is 36.4 Å². The Labute approximate surface area is 176 Å². The van der Waals surface area contributed by atoms with Gasteiger partial charge in [0, 0.05) is 37.0 Å². The summed E-state index contributed by atoms with van der Waals surface area (Å²) in [6.45, 7) is 0. The fraction of sp³-hybridized carbons (Fsp3) is 0.118. The maximum Gasteiger partial charge on any atom is 0.415 e. The predicted octanol–water partition coefficient (Wildman–Crippen LogP) is 7.10. The van der Waals surface area contributed by atoms with Crippen LogP contribution in [0, 0.1) is 0 Å². The van der Waals surface area contributed by atoms with E-state index in [4.69, 9.17) is 0 Å². The van der Waals surface area contributed by atoms with E-state index in [0.29, 0.717) is 5.56 Å². The van der Waals surface area contributed by atoms with Crippen molar-refractivity contribution >= 4 is 35.6 Å². The summed E-state index contributed by atoms with van der Waals surface area (Å²) < 4.78 is 77.3. The number of alkyl halides is 6. The van der Waals surface area contributed by atoms with Gasteiger partial charge in [-0.05, 0) is 6.07 Å². The molecule has 0 saturated carbocycles. The molecule has 0 N–H and O–H groups in total. The summed E-state index contributed by atoms with van der Waals surface area (Å²) in [5, 5.41) is 1.52. The first-order chi connectivity index (χ1) is 10.6. The third kappa shape index (κ3) is 5.30. The molecule has 0 fully saturated rings. The quantitative estimate of drug-likeness (QED) is 0.164. The second kappa shape index (κ2) is 8.85. The Morgan fingerprint density at radius 2 is 1.19 bits per heavy atom. The molecule has 140 valence electrons. The molecule has 0 unspecified atom stereocenters. The monoisotopic (exact) mass is 579 g/mol. The minimum atomic E-state index is -4.85. The molecule has 0 aliphatic rings. The summed E-state index contributed by atoms with van der Waals surface area (Å²) in [7, 11) is 0. The van der Waals surface area contributed by atoms with Crippen molar-refractivity contribution in [3.8, 4) is 11.1 Å². The second-order valence-electron chi connectivity index (χ2n) is 5.17. The van der Waals surface area contributed by atoms with Gasteiger partial charge in [-0.15, -0.1) is 59.3 Å². The van der Waals surface area contributed by atoms with Gasteiger partial charge < -0.3 is 0 Å². The van der Waals surface area contributed by atoms with Crippen LogP contribution in [0.2, 0.25) is 0 Å². The van der Waals surface area contributed by atoms with E-state index in [1.165, 1.54) is 0 Å². The minimum absolute atomic E-state index is 0. The van der Waals surface area contributed by atoms with Crippen molar-refractivity contribution in [2.24, 2.45) is 0 Å². The Bertz CT molecular complexity index is 802. The van der Waals surface area contributed by atoms with Crippen molar-refractivity contribution < 1.29 is 52.2 Å². The average molecular weight is 579 g/mol. The van der Waals surface area contributed by atoms with Crippen LogP contribution in [0.4, 0.5) is 26.3 Å². The molecule has 0 bridgehead atoms. The normalized spacial score (nSPS) is 11.3. The number of benzene rings is 2. The van der Waals surface area contributed by atoms with Crippen LogP contribution >= 0.6 is 24.8 Å².